The lowest BCUT2D eigenvalue weighted by Crippen LogP contribution is -2.26. The standard InChI is InChI=1S/C8H4BrNO3/c9-4-1-2-6-5(3-4)7(11)13-8(12)10-6/h1-4H. The molecule has 1 unspecified atom stereocenters. The first-order valence-corrected chi connectivity index (χ1v) is 4.47. The third kappa shape index (κ3) is 1.47. The first-order valence-electron chi connectivity index (χ1n) is 3.56. The predicted octanol–water partition coefficient (Wildman–Crippen LogP) is 1.36. The van der Waals surface area contributed by atoms with E-state index in [4.69, 9.17) is 0 Å². The van der Waals surface area contributed by atoms with Gasteiger partial charge in [0.1, 0.15) is 0 Å². The summed E-state index contributed by atoms with van der Waals surface area (Å²) in [7, 11) is 0. The van der Waals surface area contributed by atoms with Gasteiger partial charge in [-0.2, -0.15) is 4.99 Å². The molecule has 0 aromatic carbocycles. The highest BCUT2D eigenvalue weighted by Crippen LogP contribution is 2.19. The van der Waals surface area contributed by atoms with Gasteiger partial charge in [0.25, 0.3) is 0 Å². The van der Waals surface area contributed by atoms with E-state index in [2.05, 4.69) is 25.7 Å². The minimum atomic E-state index is -0.852. The molecule has 0 spiro atoms. The Labute approximate surface area is 82.1 Å². The number of amides is 1. The SMILES string of the molecule is O=C1N=C2C=CC(Br)C=C2C(=O)O1. The maximum absolute atomic E-state index is 11.1. The summed E-state index contributed by atoms with van der Waals surface area (Å²) in [5.74, 6) is -0.635. The van der Waals surface area contributed by atoms with Crippen LogP contribution in [0.25, 0.3) is 0 Å². The van der Waals surface area contributed by atoms with Gasteiger partial charge in [-0.15, -0.1) is 0 Å². The van der Waals surface area contributed by atoms with Gasteiger partial charge in [-0.1, -0.05) is 28.1 Å². The summed E-state index contributed by atoms with van der Waals surface area (Å²) < 4.78 is 4.32. The van der Waals surface area contributed by atoms with Crippen LogP contribution in [-0.4, -0.2) is 22.6 Å². The lowest BCUT2D eigenvalue weighted by molar-refractivity contribution is -0.132. The van der Waals surface area contributed by atoms with E-state index in [1.54, 1.807) is 18.2 Å². The molecule has 2 aliphatic rings. The third-order valence-electron chi connectivity index (χ3n) is 1.65. The fourth-order valence-electron chi connectivity index (χ4n) is 1.10. The number of allylic oxidation sites excluding steroid dienone is 3. The molecule has 0 aromatic rings. The number of carbonyl (C=O) groups excluding carboxylic acids is 2. The van der Waals surface area contributed by atoms with Crippen LogP contribution in [0, 0.1) is 0 Å². The van der Waals surface area contributed by atoms with Gasteiger partial charge in [0.05, 0.1) is 16.1 Å². The van der Waals surface area contributed by atoms with Crippen molar-refractivity contribution in [3.05, 3.63) is 23.8 Å². The number of fused-ring (bicyclic) bond motifs is 1. The van der Waals surface area contributed by atoms with Crippen molar-refractivity contribution in [2.75, 3.05) is 0 Å². The molecule has 1 atom stereocenters. The molecule has 4 nitrogen and oxygen atoms in total. The Morgan fingerprint density at radius 2 is 2.23 bits per heavy atom. The van der Waals surface area contributed by atoms with Gasteiger partial charge < -0.3 is 4.74 Å². The summed E-state index contributed by atoms with van der Waals surface area (Å²) in [6, 6.07) is 0. The van der Waals surface area contributed by atoms with Gasteiger partial charge in [-0.3, -0.25) is 0 Å². The van der Waals surface area contributed by atoms with E-state index in [1.165, 1.54) is 0 Å². The number of aliphatic imine (C=N–C) groups is 1. The smallest absolute Gasteiger partial charge is 0.371 e. The summed E-state index contributed by atoms with van der Waals surface area (Å²) in [6.07, 6.45) is 4.20. The fourth-order valence-corrected chi connectivity index (χ4v) is 1.52. The lowest BCUT2D eigenvalue weighted by Gasteiger charge is -2.15. The van der Waals surface area contributed by atoms with Crippen LogP contribution in [-0.2, 0) is 9.53 Å². The molecule has 5 heteroatoms. The molecule has 1 aliphatic heterocycles. The molecular formula is C8H4BrNO3. The number of nitrogens with zero attached hydrogens (tertiary/aromatic N) is 1. The van der Waals surface area contributed by atoms with Crippen molar-refractivity contribution < 1.29 is 14.3 Å². The van der Waals surface area contributed by atoms with Crippen molar-refractivity contribution >= 4 is 33.7 Å². The van der Waals surface area contributed by atoms with Gasteiger partial charge in [0, 0.05) is 0 Å². The molecule has 0 radical (unpaired) electrons. The number of rotatable bonds is 0. The van der Waals surface area contributed by atoms with E-state index in [9.17, 15) is 9.59 Å². The van der Waals surface area contributed by atoms with Crippen LogP contribution in [0.1, 0.15) is 0 Å². The lowest BCUT2D eigenvalue weighted by atomic mass is 10.0. The third-order valence-corrected chi connectivity index (χ3v) is 2.22. The zero-order valence-corrected chi connectivity index (χ0v) is 7.95. The fraction of sp³-hybridized carbons (Fsp3) is 0.125. The van der Waals surface area contributed by atoms with Crippen molar-refractivity contribution in [3.63, 3.8) is 0 Å². The Morgan fingerprint density at radius 1 is 1.46 bits per heavy atom. The largest absolute Gasteiger partial charge is 0.442 e. The Morgan fingerprint density at radius 3 is 3.00 bits per heavy atom. The second kappa shape index (κ2) is 2.92. The van der Waals surface area contributed by atoms with Gasteiger partial charge in [-0.05, 0) is 6.08 Å². The molecular weight excluding hydrogens is 238 g/mol. The summed E-state index contributed by atoms with van der Waals surface area (Å²) in [5.41, 5.74) is 0.709. The first kappa shape index (κ1) is 8.37. The summed E-state index contributed by atoms with van der Waals surface area (Å²) in [6.45, 7) is 0. The van der Waals surface area contributed by atoms with Crippen molar-refractivity contribution in [3.8, 4) is 0 Å². The number of carbonyl (C=O) groups is 2. The summed E-state index contributed by atoms with van der Waals surface area (Å²) in [4.78, 5) is 25.4. The number of ether oxygens (including phenoxy) is 1. The van der Waals surface area contributed by atoms with Crippen LogP contribution in [0.5, 0.6) is 0 Å². The molecule has 1 heterocycles. The minimum absolute atomic E-state index is 0.0118. The van der Waals surface area contributed by atoms with E-state index >= 15 is 0 Å². The zero-order valence-electron chi connectivity index (χ0n) is 6.36. The van der Waals surface area contributed by atoms with Crippen LogP contribution < -0.4 is 0 Å². The molecule has 1 aliphatic carbocycles. The van der Waals surface area contributed by atoms with Crippen molar-refractivity contribution in [2.24, 2.45) is 4.99 Å². The van der Waals surface area contributed by atoms with Crippen LogP contribution in [0.3, 0.4) is 0 Å². The summed E-state index contributed by atoms with van der Waals surface area (Å²) >= 11 is 3.28. The van der Waals surface area contributed by atoms with Crippen LogP contribution in [0.4, 0.5) is 4.79 Å². The van der Waals surface area contributed by atoms with Crippen LogP contribution >= 0.6 is 15.9 Å². The Hall–Kier alpha value is -1.23. The van der Waals surface area contributed by atoms with E-state index < -0.39 is 12.1 Å². The number of hydrogen-bond donors (Lipinski definition) is 0. The van der Waals surface area contributed by atoms with Crippen LogP contribution in [0.15, 0.2) is 28.8 Å². The molecule has 0 saturated heterocycles. The van der Waals surface area contributed by atoms with E-state index in [-0.39, 0.29) is 4.83 Å². The van der Waals surface area contributed by atoms with Crippen molar-refractivity contribution in [1.29, 1.82) is 0 Å². The quantitative estimate of drug-likeness (QED) is 0.366. The molecule has 0 bridgehead atoms. The average Bonchev–Trinajstić information content (AvgIpc) is 2.06. The van der Waals surface area contributed by atoms with Gasteiger partial charge in [-0.25, -0.2) is 9.59 Å². The second-order valence-electron chi connectivity index (χ2n) is 2.54. The zero-order chi connectivity index (χ0) is 9.42. The normalized spacial score (nSPS) is 26.1. The molecule has 13 heavy (non-hydrogen) atoms. The van der Waals surface area contributed by atoms with Crippen molar-refractivity contribution in [1.82, 2.24) is 0 Å². The van der Waals surface area contributed by atoms with Gasteiger partial charge in [0.2, 0.25) is 0 Å². The second-order valence-corrected chi connectivity index (χ2v) is 3.59. The highest BCUT2D eigenvalue weighted by Gasteiger charge is 2.27. The maximum Gasteiger partial charge on any atom is 0.442 e. The van der Waals surface area contributed by atoms with E-state index in [0.29, 0.717) is 11.3 Å². The van der Waals surface area contributed by atoms with E-state index in [1.807, 2.05) is 0 Å². The van der Waals surface area contributed by atoms with Crippen molar-refractivity contribution in [2.45, 2.75) is 4.83 Å². The molecule has 0 N–H and O–H groups in total. The van der Waals surface area contributed by atoms with Gasteiger partial charge >= 0.3 is 12.1 Å². The molecule has 0 aromatic heterocycles. The number of hydrogen-bond acceptors (Lipinski definition) is 3. The molecule has 0 fully saturated rings. The predicted molar refractivity (Wildman–Crippen MR) is 48.9 cm³/mol. The first-order chi connectivity index (χ1) is 6.16. The number of alkyl halides is 1. The summed E-state index contributed by atoms with van der Waals surface area (Å²) in [5, 5.41) is 0. The van der Waals surface area contributed by atoms with Gasteiger partial charge in [0.15, 0.2) is 0 Å². The molecule has 0 saturated carbocycles. The Bertz CT molecular complexity index is 381. The Kier molecular flexibility index (Phi) is 1.88. The van der Waals surface area contributed by atoms with E-state index in [0.717, 1.165) is 0 Å². The minimum Gasteiger partial charge on any atom is -0.371 e. The highest BCUT2D eigenvalue weighted by atomic mass is 79.9. The van der Waals surface area contributed by atoms with Crippen LogP contribution in [0.2, 0.25) is 0 Å². The number of cyclic esters (lactones) is 2. The maximum atomic E-state index is 11.1. The molecule has 1 amide bonds. The monoisotopic (exact) mass is 241 g/mol. The number of esters is 1. The molecule has 66 valence electrons. The number of halogens is 1. The average molecular weight is 242 g/mol. The topological polar surface area (TPSA) is 55.7 Å². The highest BCUT2D eigenvalue weighted by molar-refractivity contribution is 9.09. The molecule has 2 rings (SSSR count). The Balaban J connectivity index is 2.47.